The molecule has 28 heavy (non-hydrogen) atoms. The van der Waals surface area contributed by atoms with Crippen molar-refractivity contribution in [3.63, 3.8) is 0 Å². The van der Waals surface area contributed by atoms with Gasteiger partial charge in [0.15, 0.2) is 0 Å². The van der Waals surface area contributed by atoms with Crippen LogP contribution in [0.15, 0.2) is 47.4 Å². The predicted octanol–water partition coefficient (Wildman–Crippen LogP) is 5.27. The molecule has 0 N–H and O–H groups in total. The monoisotopic (exact) mass is 404 g/mol. The Morgan fingerprint density at radius 2 is 1.89 bits per heavy atom. The summed E-state index contributed by atoms with van der Waals surface area (Å²) >= 11 is 1.28. The Balaban J connectivity index is 2.19. The van der Waals surface area contributed by atoms with Crippen LogP contribution in [-0.2, 0) is 19.1 Å². The van der Waals surface area contributed by atoms with E-state index in [1.54, 1.807) is 6.92 Å². The zero-order valence-electron chi connectivity index (χ0n) is 17.4. The van der Waals surface area contributed by atoms with Gasteiger partial charge in [0.1, 0.15) is 11.4 Å². The molecule has 0 heterocycles. The van der Waals surface area contributed by atoms with Crippen LogP contribution in [0.2, 0.25) is 0 Å². The molecule has 0 radical (unpaired) electrons. The summed E-state index contributed by atoms with van der Waals surface area (Å²) in [5, 5.41) is -0.813. The van der Waals surface area contributed by atoms with Gasteiger partial charge in [-0.25, -0.2) is 4.79 Å². The van der Waals surface area contributed by atoms with Gasteiger partial charge in [-0.2, -0.15) is 0 Å². The van der Waals surface area contributed by atoms with Gasteiger partial charge in [-0.05, 0) is 49.7 Å². The quantitative estimate of drug-likeness (QED) is 0.336. The molecule has 1 saturated carbocycles. The van der Waals surface area contributed by atoms with Crippen LogP contribution < -0.4 is 0 Å². The van der Waals surface area contributed by atoms with Crippen LogP contribution in [0, 0.1) is 17.8 Å². The van der Waals surface area contributed by atoms with Gasteiger partial charge in [0.2, 0.25) is 0 Å². The first-order chi connectivity index (χ1) is 13.3. The van der Waals surface area contributed by atoms with Gasteiger partial charge in [0.25, 0.3) is 0 Å². The summed E-state index contributed by atoms with van der Waals surface area (Å²) in [6, 6.07) is 9.52. The van der Waals surface area contributed by atoms with Crippen LogP contribution in [-0.4, -0.2) is 29.9 Å². The lowest BCUT2D eigenvalue weighted by molar-refractivity contribution is -0.155. The number of ether oxygens (including phenoxy) is 2. The van der Waals surface area contributed by atoms with E-state index in [1.165, 1.54) is 11.8 Å². The zero-order chi connectivity index (χ0) is 20.7. The van der Waals surface area contributed by atoms with Crippen molar-refractivity contribution in [2.24, 2.45) is 17.8 Å². The third-order valence-corrected chi connectivity index (χ3v) is 6.55. The predicted molar refractivity (Wildman–Crippen MR) is 113 cm³/mol. The van der Waals surface area contributed by atoms with Crippen LogP contribution in [0.1, 0.15) is 47.0 Å². The maximum absolute atomic E-state index is 13.1. The Labute approximate surface area is 173 Å². The molecule has 0 saturated heterocycles. The van der Waals surface area contributed by atoms with E-state index in [9.17, 15) is 9.59 Å². The number of hydrogen-bond donors (Lipinski definition) is 0. The van der Waals surface area contributed by atoms with Gasteiger partial charge in [0, 0.05) is 4.90 Å². The summed E-state index contributed by atoms with van der Waals surface area (Å²) < 4.78 is 11.1. The first-order valence-electron chi connectivity index (χ1n) is 10.1. The average Bonchev–Trinajstić information content (AvgIpc) is 2.66. The molecule has 154 valence electrons. The molecule has 0 amide bonds. The van der Waals surface area contributed by atoms with Crippen molar-refractivity contribution in [1.82, 2.24) is 0 Å². The molecule has 2 rings (SSSR count). The topological polar surface area (TPSA) is 52.6 Å². The second kappa shape index (κ2) is 10.7. The van der Waals surface area contributed by atoms with Crippen molar-refractivity contribution in [3.8, 4) is 0 Å². The van der Waals surface area contributed by atoms with Crippen LogP contribution in [0.5, 0.6) is 0 Å². The second-order valence-corrected chi connectivity index (χ2v) is 9.04. The lowest BCUT2D eigenvalue weighted by Crippen LogP contribution is -2.39. The van der Waals surface area contributed by atoms with Crippen LogP contribution in [0.25, 0.3) is 0 Å². The molecule has 1 fully saturated rings. The minimum absolute atomic E-state index is 0.120. The van der Waals surface area contributed by atoms with E-state index >= 15 is 0 Å². The molecular formula is C23H32O4S. The Morgan fingerprint density at radius 3 is 2.50 bits per heavy atom. The number of hydrogen-bond acceptors (Lipinski definition) is 5. The van der Waals surface area contributed by atoms with Crippen LogP contribution >= 0.6 is 11.8 Å². The smallest absolute Gasteiger partial charge is 0.335 e. The summed E-state index contributed by atoms with van der Waals surface area (Å²) in [4.78, 5) is 26.3. The molecule has 0 aromatic heterocycles. The van der Waals surface area contributed by atoms with E-state index in [4.69, 9.17) is 9.47 Å². The molecule has 0 bridgehead atoms. The van der Waals surface area contributed by atoms with Crippen LogP contribution in [0.4, 0.5) is 0 Å². The second-order valence-electron chi connectivity index (χ2n) is 7.86. The fourth-order valence-corrected chi connectivity index (χ4v) is 4.67. The molecule has 1 unspecified atom stereocenters. The van der Waals surface area contributed by atoms with Gasteiger partial charge < -0.3 is 9.47 Å². The Hall–Kier alpha value is -1.75. The lowest BCUT2D eigenvalue weighted by Gasteiger charge is -2.37. The molecule has 4 atom stereocenters. The highest BCUT2D eigenvalue weighted by atomic mass is 32.2. The standard InChI is InChI=1S/C23H32O4S/c1-6-26-22(24)17(5)21(28-18-10-8-7-9-11-18)23(25)27-20-14-16(4)12-13-19(20)15(2)3/h7-11,15-16,19-21H,5-6,12-14H2,1-4H3/t16-,19+,20-,21?/m1/s1. The van der Waals surface area contributed by atoms with E-state index in [1.807, 2.05) is 30.3 Å². The number of benzene rings is 1. The Kier molecular flexibility index (Phi) is 8.61. The zero-order valence-corrected chi connectivity index (χ0v) is 18.2. The van der Waals surface area contributed by atoms with E-state index in [0.29, 0.717) is 17.8 Å². The first-order valence-corrected chi connectivity index (χ1v) is 11.0. The maximum atomic E-state index is 13.1. The van der Waals surface area contributed by atoms with Crippen LogP contribution in [0.3, 0.4) is 0 Å². The number of rotatable bonds is 8. The third kappa shape index (κ3) is 6.13. The average molecular weight is 405 g/mol. The van der Waals surface area contributed by atoms with Gasteiger partial charge >= 0.3 is 11.9 Å². The molecule has 5 heteroatoms. The van der Waals surface area contributed by atoms with E-state index in [2.05, 4.69) is 27.4 Å². The van der Waals surface area contributed by atoms with Crippen molar-refractivity contribution in [3.05, 3.63) is 42.5 Å². The molecule has 0 spiro atoms. The Bertz CT molecular complexity index is 670. The first kappa shape index (κ1) is 22.5. The SMILES string of the molecule is C=C(C(=O)OCC)C(Sc1ccccc1)C(=O)O[C@@H]1C[C@H](C)CC[C@H]1C(C)C. The third-order valence-electron chi connectivity index (χ3n) is 5.29. The largest absolute Gasteiger partial charge is 0.463 e. The van der Waals surface area contributed by atoms with Crippen molar-refractivity contribution in [2.75, 3.05) is 6.61 Å². The normalized spacial score (nSPS) is 23.1. The van der Waals surface area contributed by atoms with Gasteiger partial charge in [-0.15, -0.1) is 11.8 Å². The Morgan fingerprint density at radius 1 is 1.21 bits per heavy atom. The highest BCUT2D eigenvalue weighted by Gasteiger charge is 2.37. The van der Waals surface area contributed by atoms with Crippen molar-refractivity contribution in [1.29, 1.82) is 0 Å². The highest BCUT2D eigenvalue weighted by molar-refractivity contribution is 8.00. The molecule has 1 aromatic rings. The summed E-state index contributed by atoms with van der Waals surface area (Å²) in [6.07, 6.45) is 2.97. The summed E-state index contributed by atoms with van der Waals surface area (Å²) in [5.41, 5.74) is 0.130. The fraction of sp³-hybridized carbons (Fsp3) is 0.565. The lowest BCUT2D eigenvalue weighted by atomic mass is 9.75. The molecule has 4 nitrogen and oxygen atoms in total. The van der Waals surface area contributed by atoms with E-state index in [0.717, 1.165) is 24.2 Å². The summed E-state index contributed by atoms with van der Waals surface area (Å²) in [6.45, 7) is 12.4. The fourth-order valence-electron chi connectivity index (χ4n) is 3.69. The molecule has 1 aliphatic rings. The molecule has 1 aromatic carbocycles. The number of carbonyl (C=O) groups excluding carboxylic acids is 2. The maximum Gasteiger partial charge on any atom is 0.335 e. The minimum atomic E-state index is -0.813. The summed E-state index contributed by atoms with van der Waals surface area (Å²) in [5.74, 6) is 0.361. The van der Waals surface area contributed by atoms with Crippen molar-refractivity contribution >= 4 is 23.7 Å². The number of thioether (sulfide) groups is 1. The molecule has 1 aliphatic carbocycles. The van der Waals surface area contributed by atoms with Gasteiger partial charge in [0.05, 0.1) is 12.2 Å². The number of esters is 2. The van der Waals surface area contributed by atoms with Gasteiger partial charge in [-0.3, -0.25) is 4.79 Å². The number of carbonyl (C=O) groups is 2. The van der Waals surface area contributed by atoms with E-state index in [-0.39, 0.29) is 18.3 Å². The van der Waals surface area contributed by atoms with Crippen molar-refractivity contribution < 1.29 is 19.1 Å². The minimum Gasteiger partial charge on any atom is -0.463 e. The highest BCUT2D eigenvalue weighted by Crippen LogP contribution is 2.37. The van der Waals surface area contributed by atoms with Crippen molar-refractivity contribution in [2.45, 2.75) is 63.2 Å². The van der Waals surface area contributed by atoms with Gasteiger partial charge in [-0.1, -0.05) is 52.0 Å². The molecule has 0 aliphatic heterocycles. The molecular weight excluding hydrogens is 372 g/mol. The summed E-state index contributed by atoms with van der Waals surface area (Å²) in [7, 11) is 0. The van der Waals surface area contributed by atoms with E-state index < -0.39 is 17.2 Å².